The second-order valence-electron chi connectivity index (χ2n) is 5.57. The maximum atomic E-state index is 12.1. The highest BCUT2D eigenvalue weighted by Crippen LogP contribution is 2.24. The molecule has 1 atom stereocenters. The molecule has 1 aromatic carbocycles. The van der Waals surface area contributed by atoms with Crippen LogP contribution in [0.5, 0.6) is 0 Å². The van der Waals surface area contributed by atoms with Crippen molar-refractivity contribution in [1.29, 1.82) is 0 Å². The monoisotopic (exact) mass is 296 g/mol. The molecular weight excluding hydrogens is 276 g/mol. The minimum absolute atomic E-state index is 0.0722. The molecule has 2 heterocycles. The maximum Gasteiger partial charge on any atom is 0.271 e. The average molecular weight is 296 g/mol. The quantitative estimate of drug-likeness (QED) is 0.942. The van der Waals surface area contributed by atoms with Crippen LogP contribution in [0.3, 0.4) is 0 Å². The summed E-state index contributed by atoms with van der Waals surface area (Å²) >= 11 is 0. The van der Waals surface area contributed by atoms with Gasteiger partial charge in [0.2, 0.25) is 0 Å². The molecule has 1 fully saturated rings. The zero-order chi connectivity index (χ0) is 15.4. The normalized spacial score (nSPS) is 15.6. The second-order valence-corrected chi connectivity index (χ2v) is 5.57. The number of carbonyl (C=O) groups excluding carboxylic acids is 1. The van der Waals surface area contributed by atoms with Crippen LogP contribution in [0.15, 0.2) is 42.9 Å². The summed E-state index contributed by atoms with van der Waals surface area (Å²) in [5.41, 5.74) is 2.67. The maximum absolute atomic E-state index is 12.1. The van der Waals surface area contributed by atoms with E-state index in [9.17, 15) is 4.79 Å². The average Bonchev–Trinajstić information content (AvgIpc) is 3.10. The first-order valence-electron chi connectivity index (χ1n) is 7.66. The molecule has 0 bridgehead atoms. The van der Waals surface area contributed by atoms with Gasteiger partial charge in [-0.1, -0.05) is 12.1 Å². The van der Waals surface area contributed by atoms with Crippen molar-refractivity contribution in [3.8, 4) is 0 Å². The van der Waals surface area contributed by atoms with Gasteiger partial charge in [-0.05, 0) is 37.5 Å². The van der Waals surface area contributed by atoms with Gasteiger partial charge in [-0.2, -0.15) is 0 Å². The standard InChI is InChI=1S/C17H20N4O/c1-13(20-17(22)16-12-18-7-8-19-16)14-5-4-6-15(11-14)21-9-2-3-10-21/h4-8,11-13H,2-3,9-10H2,1H3,(H,20,22)/t13-/m1/s1. The van der Waals surface area contributed by atoms with Crippen LogP contribution in [0.4, 0.5) is 5.69 Å². The summed E-state index contributed by atoms with van der Waals surface area (Å²) in [4.78, 5) is 22.5. The number of carbonyl (C=O) groups is 1. The first-order valence-corrected chi connectivity index (χ1v) is 7.66. The van der Waals surface area contributed by atoms with E-state index in [0.29, 0.717) is 5.69 Å². The molecule has 1 aliphatic rings. The topological polar surface area (TPSA) is 58.1 Å². The van der Waals surface area contributed by atoms with Gasteiger partial charge in [0.1, 0.15) is 5.69 Å². The third-order valence-electron chi connectivity index (χ3n) is 3.98. The van der Waals surface area contributed by atoms with E-state index in [1.165, 1.54) is 30.9 Å². The molecule has 1 amide bonds. The van der Waals surface area contributed by atoms with Gasteiger partial charge in [0.15, 0.2) is 0 Å². The fraction of sp³-hybridized carbons (Fsp3) is 0.353. The van der Waals surface area contributed by atoms with Crippen molar-refractivity contribution in [3.05, 3.63) is 54.1 Å². The van der Waals surface area contributed by atoms with Crippen molar-refractivity contribution < 1.29 is 4.79 Å². The zero-order valence-corrected chi connectivity index (χ0v) is 12.7. The summed E-state index contributed by atoms with van der Waals surface area (Å²) in [5.74, 6) is -0.202. The smallest absolute Gasteiger partial charge is 0.271 e. The Hall–Kier alpha value is -2.43. The van der Waals surface area contributed by atoms with E-state index >= 15 is 0 Å². The Morgan fingerprint density at radius 3 is 2.82 bits per heavy atom. The summed E-state index contributed by atoms with van der Waals surface area (Å²) in [6.07, 6.45) is 7.06. The number of benzene rings is 1. The molecule has 1 aliphatic heterocycles. The van der Waals surface area contributed by atoms with Gasteiger partial charge in [-0.3, -0.25) is 9.78 Å². The molecular formula is C17H20N4O. The van der Waals surface area contributed by atoms with Crippen LogP contribution in [0.2, 0.25) is 0 Å². The number of amides is 1. The lowest BCUT2D eigenvalue weighted by atomic mass is 10.1. The van der Waals surface area contributed by atoms with Gasteiger partial charge in [0.25, 0.3) is 5.91 Å². The predicted molar refractivity (Wildman–Crippen MR) is 85.8 cm³/mol. The highest BCUT2D eigenvalue weighted by Gasteiger charge is 2.16. The third kappa shape index (κ3) is 3.24. The summed E-state index contributed by atoms with van der Waals surface area (Å²) < 4.78 is 0. The van der Waals surface area contributed by atoms with E-state index in [-0.39, 0.29) is 11.9 Å². The summed E-state index contributed by atoms with van der Waals surface area (Å²) in [5, 5.41) is 2.97. The Bertz CT molecular complexity index is 638. The van der Waals surface area contributed by atoms with Crippen molar-refractivity contribution in [2.75, 3.05) is 18.0 Å². The number of hydrogen-bond donors (Lipinski definition) is 1. The molecule has 1 aromatic heterocycles. The Morgan fingerprint density at radius 2 is 2.09 bits per heavy atom. The van der Waals surface area contributed by atoms with Crippen LogP contribution in [0, 0.1) is 0 Å². The van der Waals surface area contributed by atoms with Crippen LogP contribution in [0.25, 0.3) is 0 Å². The van der Waals surface area contributed by atoms with Crippen LogP contribution in [-0.2, 0) is 0 Å². The van der Waals surface area contributed by atoms with Crippen LogP contribution in [0.1, 0.15) is 41.9 Å². The first kappa shape index (κ1) is 14.5. The van der Waals surface area contributed by atoms with Crippen molar-refractivity contribution in [3.63, 3.8) is 0 Å². The predicted octanol–water partition coefficient (Wildman–Crippen LogP) is 2.57. The molecule has 114 valence electrons. The Morgan fingerprint density at radius 1 is 1.27 bits per heavy atom. The van der Waals surface area contributed by atoms with Crippen LogP contribution < -0.4 is 10.2 Å². The van der Waals surface area contributed by atoms with E-state index in [0.717, 1.165) is 18.7 Å². The number of hydrogen-bond acceptors (Lipinski definition) is 4. The van der Waals surface area contributed by atoms with Crippen molar-refractivity contribution in [2.24, 2.45) is 0 Å². The molecule has 1 N–H and O–H groups in total. The first-order chi connectivity index (χ1) is 10.7. The molecule has 0 unspecified atom stereocenters. The molecule has 2 aromatic rings. The highest BCUT2D eigenvalue weighted by atomic mass is 16.1. The summed E-state index contributed by atoms with van der Waals surface area (Å²) in [7, 11) is 0. The molecule has 5 nitrogen and oxygen atoms in total. The minimum Gasteiger partial charge on any atom is -0.372 e. The molecule has 0 aliphatic carbocycles. The van der Waals surface area contributed by atoms with Gasteiger partial charge >= 0.3 is 0 Å². The minimum atomic E-state index is -0.202. The van der Waals surface area contributed by atoms with Crippen molar-refractivity contribution >= 4 is 11.6 Å². The Balaban J connectivity index is 1.70. The third-order valence-corrected chi connectivity index (χ3v) is 3.98. The molecule has 22 heavy (non-hydrogen) atoms. The fourth-order valence-electron chi connectivity index (χ4n) is 2.74. The van der Waals surface area contributed by atoms with Crippen molar-refractivity contribution in [2.45, 2.75) is 25.8 Å². The van der Waals surface area contributed by atoms with Gasteiger partial charge in [-0.15, -0.1) is 0 Å². The summed E-state index contributed by atoms with van der Waals surface area (Å²) in [6.45, 7) is 4.21. The number of nitrogens with one attached hydrogen (secondary N) is 1. The molecule has 0 saturated carbocycles. The van der Waals surface area contributed by atoms with Gasteiger partial charge in [0.05, 0.1) is 12.2 Å². The lowest BCUT2D eigenvalue weighted by Gasteiger charge is -2.20. The van der Waals surface area contributed by atoms with E-state index in [1.807, 2.05) is 19.1 Å². The van der Waals surface area contributed by atoms with Crippen molar-refractivity contribution in [1.82, 2.24) is 15.3 Å². The van der Waals surface area contributed by atoms with Crippen LogP contribution in [-0.4, -0.2) is 29.0 Å². The molecule has 0 spiro atoms. The second kappa shape index (κ2) is 6.56. The van der Waals surface area contributed by atoms with E-state index in [1.54, 1.807) is 6.20 Å². The molecule has 3 rings (SSSR count). The number of nitrogens with zero attached hydrogens (tertiary/aromatic N) is 3. The van der Waals surface area contributed by atoms with E-state index in [4.69, 9.17) is 0 Å². The Kier molecular flexibility index (Phi) is 4.32. The van der Waals surface area contributed by atoms with Crippen LogP contribution >= 0.6 is 0 Å². The van der Waals surface area contributed by atoms with Gasteiger partial charge in [0, 0.05) is 31.2 Å². The molecule has 1 saturated heterocycles. The lowest BCUT2D eigenvalue weighted by Crippen LogP contribution is -2.27. The fourth-order valence-corrected chi connectivity index (χ4v) is 2.74. The number of anilines is 1. The van der Waals surface area contributed by atoms with E-state index < -0.39 is 0 Å². The molecule has 0 radical (unpaired) electrons. The van der Waals surface area contributed by atoms with Gasteiger partial charge in [-0.25, -0.2) is 4.98 Å². The SMILES string of the molecule is C[C@@H](NC(=O)c1cnccn1)c1cccc(N2CCCC2)c1. The summed E-state index contributed by atoms with van der Waals surface area (Å²) in [6, 6.07) is 8.31. The largest absolute Gasteiger partial charge is 0.372 e. The van der Waals surface area contributed by atoms with Gasteiger partial charge < -0.3 is 10.2 Å². The Labute approximate surface area is 130 Å². The van der Waals surface area contributed by atoms with E-state index in [2.05, 4.69) is 32.3 Å². The number of rotatable bonds is 4. The molecule has 5 heteroatoms. The zero-order valence-electron chi connectivity index (χ0n) is 12.7. The number of aromatic nitrogens is 2. The highest BCUT2D eigenvalue weighted by molar-refractivity contribution is 5.92. The lowest BCUT2D eigenvalue weighted by molar-refractivity contribution is 0.0934.